The van der Waals surface area contributed by atoms with Crippen LogP contribution in [0.3, 0.4) is 0 Å². The number of anilines is 1. The van der Waals surface area contributed by atoms with Crippen LogP contribution in [0.4, 0.5) is 5.13 Å². The number of thiazole rings is 1. The lowest BCUT2D eigenvalue weighted by atomic mass is 9.96. The van der Waals surface area contributed by atoms with E-state index in [1.807, 2.05) is 24.0 Å². The van der Waals surface area contributed by atoms with Gasteiger partial charge in [-0.15, -0.1) is 0 Å². The molecule has 1 aliphatic heterocycles. The molecule has 0 bridgehead atoms. The zero-order chi connectivity index (χ0) is 26.0. The van der Waals surface area contributed by atoms with Crippen molar-refractivity contribution in [1.82, 2.24) is 14.2 Å². The molecule has 1 saturated carbocycles. The normalized spacial score (nSPS) is 17.5. The van der Waals surface area contributed by atoms with E-state index in [2.05, 4.69) is 11.0 Å². The van der Waals surface area contributed by atoms with Crippen molar-refractivity contribution in [3.8, 4) is 5.75 Å². The molecular weight excluding hydrogens is 508 g/mol. The number of piperazine rings is 1. The summed E-state index contributed by atoms with van der Waals surface area (Å²) in [7, 11) is -1.90. The van der Waals surface area contributed by atoms with Gasteiger partial charge in [0.15, 0.2) is 5.13 Å². The third kappa shape index (κ3) is 5.32. The Morgan fingerprint density at radius 2 is 1.76 bits per heavy atom. The molecule has 2 fully saturated rings. The number of amides is 1. The summed E-state index contributed by atoms with van der Waals surface area (Å²) in [6.07, 6.45) is 5.12. The first-order valence-corrected chi connectivity index (χ1v) is 15.3. The number of carbonyl (C=O) groups is 1. The van der Waals surface area contributed by atoms with Gasteiger partial charge in [-0.05, 0) is 56.2 Å². The second kappa shape index (κ2) is 11.0. The molecule has 1 aromatic heterocycles. The Bertz CT molecular complexity index is 1340. The van der Waals surface area contributed by atoms with E-state index in [4.69, 9.17) is 9.72 Å². The number of rotatable bonds is 7. The summed E-state index contributed by atoms with van der Waals surface area (Å²) in [4.78, 5) is 22.3. The Morgan fingerprint density at radius 1 is 1.05 bits per heavy atom. The van der Waals surface area contributed by atoms with Gasteiger partial charge in [0.05, 0.1) is 16.2 Å². The van der Waals surface area contributed by atoms with Gasteiger partial charge >= 0.3 is 0 Å². The quantitative estimate of drug-likeness (QED) is 0.434. The SMILES string of the molecule is CCOc1cccc2sc(N3CCN(C(=O)c4ccc(S(=O)(=O)N(C)C5CCCCC5)cc4)CC3)nc12. The monoisotopic (exact) mass is 542 g/mol. The fraction of sp³-hybridized carbons (Fsp3) is 0.481. The number of aromatic nitrogens is 1. The van der Waals surface area contributed by atoms with E-state index in [1.54, 1.807) is 42.6 Å². The first kappa shape index (κ1) is 25.9. The summed E-state index contributed by atoms with van der Waals surface area (Å²) in [6, 6.07) is 12.4. The highest BCUT2D eigenvalue weighted by Gasteiger charge is 2.30. The maximum absolute atomic E-state index is 13.2. The van der Waals surface area contributed by atoms with Crippen LogP contribution < -0.4 is 9.64 Å². The van der Waals surface area contributed by atoms with Gasteiger partial charge in [-0.25, -0.2) is 13.4 Å². The molecule has 0 atom stereocenters. The van der Waals surface area contributed by atoms with Gasteiger partial charge in [-0.1, -0.05) is 36.7 Å². The minimum Gasteiger partial charge on any atom is -0.492 e. The molecule has 3 aromatic rings. The van der Waals surface area contributed by atoms with E-state index in [9.17, 15) is 13.2 Å². The minimum absolute atomic E-state index is 0.0533. The molecular formula is C27H34N4O4S2. The lowest BCUT2D eigenvalue weighted by Gasteiger charge is -2.34. The Kier molecular flexibility index (Phi) is 7.69. The van der Waals surface area contributed by atoms with E-state index in [0.717, 1.165) is 46.8 Å². The standard InChI is InChI=1S/C27H34N4O4S2/c1-3-35-23-10-7-11-24-25(23)28-27(36-24)31-18-16-30(17-19-31)26(32)20-12-14-22(15-13-20)37(33,34)29(2)21-8-5-4-6-9-21/h7,10-15,21H,3-6,8-9,16-19H2,1-2H3. The van der Waals surface area contributed by atoms with Gasteiger partial charge in [0.1, 0.15) is 11.3 Å². The maximum atomic E-state index is 13.2. The highest BCUT2D eigenvalue weighted by molar-refractivity contribution is 7.89. The van der Waals surface area contributed by atoms with Crippen LogP contribution in [-0.2, 0) is 10.0 Å². The molecule has 37 heavy (non-hydrogen) atoms. The van der Waals surface area contributed by atoms with Crippen LogP contribution in [0, 0.1) is 0 Å². The molecule has 2 aromatic carbocycles. The molecule has 0 N–H and O–H groups in total. The number of ether oxygens (including phenoxy) is 1. The Hall–Kier alpha value is -2.69. The van der Waals surface area contributed by atoms with Crippen LogP contribution in [0.5, 0.6) is 5.75 Å². The first-order chi connectivity index (χ1) is 17.9. The minimum atomic E-state index is -3.57. The van der Waals surface area contributed by atoms with Gasteiger partial charge in [0, 0.05) is 44.8 Å². The van der Waals surface area contributed by atoms with Gasteiger partial charge in [0.25, 0.3) is 5.91 Å². The van der Waals surface area contributed by atoms with Crippen molar-refractivity contribution in [2.75, 3.05) is 44.7 Å². The molecule has 1 saturated heterocycles. The Labute approximate surface area is 222 Å². The van der Waals surface area contributed by atoms with Crippen molar-refractivity contribution in [3.05, 3.63) is 48.0 Å². The van der Waals surface area contributed by atoms with E-state index in [1.165, 1.54) is 10.7 Å². The van der Waals surface area contributed by atoms with Crippen molar-refractivity contribution in [1.29, 1.82) is 0 Å². The van der Waals surface area contributed by atoms with E-state index >= 15 is 0 Å². The van der Waals surface area contributed by atoms with Crippen molar-refractivity contribution >= 4 is 42.6 Å². The number of nitrogens with zero attached hydrogens (tertiary/aromatic N) is 4. The van der Waals surface area contributed by atoms with Crippen molar-refractivity contribution in [3.63, 3.8) is 0 Å². The number of benzene rings is 2. The number of hydrogen-bond donors (Lipinski definition) is 0. The van der Waals surface area contributed by atoms with Crippen molar-refractivity contribution in [2.24, 2.45) is 0 Å². The zero-order valence-electron chi connectivity index (χ0n) is 21.4. The topological polar surface area (TPSA) is 83.0 Å². The fourth-order valence-electron chi connectivity index (χ4n) is 5.18. The third-order valence-electron chi connectivity index (χ3n) is 7.38. The van der Waals surface area contributed by atoms with Gasteiger partial charge in [-0.3, -0.25) is 4.79 Å². The lowest BCUT2D eigenvalue weighted by Crippen LogP contribution is -2.48. The average Bonchev–Trinajstić information content (AvgIpc) is 3.38. The molecule has 198 valence electrons. The summed E-state index contributed by atoms with van der Waals surface area (Å²) in [6.45, 7) is 5.10. The van der Waals surface area contributed by atoms with Crippen LogP contribution in [0.2, 0.25) is 0 Å². The maximum Gasteiger partial charge on any atom is 0.253 e. The molecule has 0 spiro atoms. The van der Waals surface area contributed by atoms with Crippen LogP contribution in [0.1, 0.15) is 49.4 Å². The number of fused-ring (bicyclic) bond motifs is 1. The molecule has 2 heterocycles. The van der Waals surface area contributed by atoms with Crippen molar-refractivity contribution in [2.45, 2.75) is 50.0 Å². The Morgan fingerprint density at radius 3 is 2.43 bits per heavy atom. The van der Waals surface area contributed by atoms with Crippen LogP contribution in [-0.4, -0.2) is 74.4 Å². The molecule has 5 rings (SSSR count). The molecule has 10 heteroatoms. The molecule has 1 aliphatic carbocycles. The molecule has 2 aliphatic rings. The van der Waals surface area contributed by atoms with Gasteiger partial charge in [0.2, 0.25) is 10.0 Å². The predicted molar refractivity (Wildman–Crippen MR) is 147 cm³/mol. The lowest BCUT2D eigenvalue weighted by molar-refractivity contribution is 0.0746. The van der Waals surface area contributed by atoms with E-state index < -0.39 is 10.0 Å². The summed E-state index contributed by atoms with van der Waals surface area (Å²) in [5.74, 6) is 0.721. The van der Waals surface area contributed by atoms with Crippen LogP contribution >= 0.6 is 11.3 Å². The second-order valence-electron chi connectivity index (χ2n) is 9.65. The first-order valence-electron chi connectivity index (χ1n) is 13.0. The summed E-state index contributed by atoms with van der Waals surface area (Å²) >= 11 is 1.64. The summed E-state index contributed by atoms with van der Waals surface area (Å²) < 4.78 is 34.6. The highest BCUT2D eigenvalue weighted by atomic mass is 32.2. The van der Waals surface area contributed by atoms with Gasteiger partial charge < -0.3 is 14.5 Å². The number of carbonyl (C=O) groups excluding carboxylic acids is 1. The molecule has 8 nitrogen and oxygen atoms in total. The Balaban J connectivity index is 1.22. The smallest absolute Gasteiger partial charge is 0.253 e. The third-order valence-corrected chi connectivity index (χ3v) is 10.4. The predicted octanol–water partition coefficient (Wildman–Crippen LogP) is 4.61. The van der Waals surface area contributed by atoms with E-state index in [0.29, 0.717) is 38.3 Å². The van der Waals surface area contributed by atoms with Crippen LogP contribution in [0.15, 0.2) is 47.4 Å². The number of sulfonamides is 1. The number of para-hydroxylation sites is 1. The molecule has 0 unspecified atom stereocenters. The molecule has 1 amide bonds. The van der Waals surface area contributed by atoms with Crippen LogP contribution in [0.25, 0.3) is 10.2 Å². The zero-order valence-corrected chi connectivity index (χ0v) is 23.1. The second-order valence-corrected chi connectivity index (χ2v) is 12.7. The summed E-state index contributed by atoms with van der Waals surface area (Å²) in [5.41, 5.74) is 1.39. The molecule has 0 radical (unpaired) electrons. The fourth-order valence-corrected chi connectivity index (χ4v) is 7.63. The number of hydrogen-bond acceptors (Lipinski definition) is 7. The average molecular weight is 543 g/mol. The summed E-state index contributed by atoms with van der Waals surface area (Å²) in [5, 5.41) is 0.936. The van der Waals surface area contributed by atoms with E-state index in [-0.39, 0.29) is 16.8 Å². The largest absolute Gasteiger partial charge is 0.492 e. The highest BCUT2D eigenvalue weighted by Crippen LogP contribution is 2.34. The van der Waals surface area contributed by atoms with Gasteiger partial charge in [-0.2, -0.15) is 4.31 Å². The van der Waals surface area contributed by atoms with Crippen molar-refractivity contribution < 1.29 is 17.9 Å².